The molecule has 0 unspecified atom stereocenters. The normalized spacial score (nSPS) is 19.6. The van der Waals surface area contributed by atoms with Gasteiger partial charge >= 0.3 is 0 Å². The minimum Gasteiger partial charge on any atom is -0.347 e. The average Bonchev–Trinajstić information content (AvgIpc) is 2.65. The third-order valence-electron chi connectivity index (χ3n) is 2.28. The van der Waals surface area contributed by atoms with Crippen LogP contribution in [0.25, 0.3) is 0 Å². The van der Waals surface area contributed by atoms with E-state index in [0.29, 0.717) is 32.7 Å². The predicted octanol–water partition coefficient (Wildman–Crippen LogP) is 0.780. The van der Waals surface area contributed by atoms with E-state index in [0.717, 1.165) is 6.26 Å². The van der Waals surface area contributed by atoms with Gasteiger partial charge in [0, 0.05) is 19.1 Å². The first kappa shape index (κ1) is 15.2. The lowest BCUT2D eigenvalue weighted by Crippen LogP contribution is -2.33. The Hall–Kier alpha value is 0.140. The van der Waals surface area contributed by atoms with Gasteiger partial charge in [-0.2, -0.15) is 8.42 Å². The van der Waals surface area contributed by atoms with Gasteiger partial charge in [0.2, 0.25) is 0 Å². The monoisotopic (exact) mass is 286 g/mol. The van der Waals surface area contributed by atoms with Crippen molar-refractivity contribution in [1.29, 1.82) is 0 Å². The van der Waals surface area contributed by atoms with E-state index >= 15 is 0 Å². The molecule has 1 fully saturated rings. The standard InChI is InChI=1S/C9H18O6S2/c1-16-14-5-3-9(12-7-8-13-9)4-6-15-17(2,10)11/h3-8H2,1-2H3. The maximum absolute atomic E-state index is 10.8. The summed E-state index contributed by atoms with van der Waals surface area (Å²) in [6, 6.07) is 0. The van der Waals surface area contributed by atoms with Gasteiger partial charge in [-0.15, -0.1) is 0 Å². The van der Waals surface area contributed by atoms with Crippen LogP contribution in [0.2, 0.25) is 0 Å². The fraction of sp³-hybridized carbons (Fsp3) is 1.00. The molecule has 17 heavy (non-hydrogen) atoms. The Balaban J connectivity index is 2.37. The summed E-state index contributed by atoms with van der Waals surface area (Å²) in [5.74, 6) is -0.763. The number of ether oxygens (including phenoxy) is 2. The molecule has 8 heteroatoms. The molecule has 0 saturated carbocycles. The highest BCUT2D eigenvalue weighted by molar-refractivity contribution is 7.93. The van der Waals surface area contributed by atoms with Gasteiger partial charge in [-0.05, 0) is 12.0 Å². The van der Waals surface area contributed by atoms with Crippen LogP contribution in [0.1, 0.15) is 12.8 Å². The molecule has 0 aromatic heterocycles. The van der Waals surface area contributed by atoms with E-state index in [4.69, 9.17) is 13.7 Å². The summed E-state index contributed by atoms with van der Waals surface area (Å²) >= 11 is 1.27. The molecule has 0 spiro atoms. The van der Waals surface area contributed by atoms with Crippen LogP contribution < -0.4 is 0 Å². The molecule has 6 nitrogen and oxygen atoms in total. The second-order valence-electron chi connectivity index (χ2n) is 3.62. The maximum atomic E-state index is 10.8. The topological polar surface area (TPSA) is 71.1 Å². The lowest BCUT2D eigenvalue weighted by atomic mass is 10.1. The number of rotatable bonds is 8. The van der Waals surface area contributed by atoms with Crippen LogP contribution in [0.15, 0.2) is 0 Å². The van der Waals surface area contributed by atoms with Crippen molar-refractivity contribution in [3.63, 3.8) is 0 Å². The summed E-state index contributed by atoms with van der Waals surface area (Å²) in [6.07, 6.45) is 3.78. The Kier molecular flexibility index (Phi) is 6.18. The zero-order chi connectivity index (χ0) is 12.8. The van der Waals surface area contributed by atoms with Crippen molar-refractivity contribution in [3.8, 4) is 0 Å². The lowest BCUT2D eigenvalue weighted by Gasteiger charge is -2.26. The van der Waals surface area contributed by atoms with E-state index in [1.165, 1.54) is 12.0 Å². The summed E-state index contributed by atoms with van der Waals surface area (Å²) in [4.78, 5) is 0. The molecule has 0 bridgehead atoms. The molecule has 0 aromatic carbocycles. The van der Waals surface area contributed by atoms with E-state index < -0.39 is 15.9 Å². The SMILES string of the molecule is CSOCCC1(CCOS(C)(=O)=O)OCCO1. The Labute approximate surface area is 106 Å². The van der Waals surface area contributed by atoms with Crippen LogP contribution in [0, 0.1) is 0 Å². The second-order valence-corrected chi connectivity index (χ2v) is 5.84. The lowest BCUT2D eigenvalue weighted by molar-refractivity contribution is -0.173. The fourth-order valence-corrected chi connectivity index (χ4v) is 2.18. The van der Waals surface area contributed by atoms with Gasteiger partial charge in [0.15, 0.2) is 5.79 Å². The Bertz CT molecular complexity index is 309. The molecule has 0 aliphatic carbocycles. The van der Waals surface area contributed by atoms with Crippen molar-refractivity contribution in [1.82, 2.24) is 0 Å². The van der Waals surface area contributed by atoms with Gasteiger partial charge < -0.3 is 13.7 Å². The largest absolute Gasteiger partial charge is 0.347 e. The molecule has 0 aromatic rings. The Morgan fingerprint density at radius 2 is 1.82 bits per heavy atom. The summed E-state index contributed by atoms with van der Waals surface area (Å²) in [6.45, 7) is 1.56. The van der Waals surface area contributed by atoms with E-state index in [-0.39, 0.29) is 6.61 Å². The first-order valence-electron chi connectivity index (χ1n) is 5.25. The molecule has 0 amide bonds. The van der Waals surface area contributed by atoms with Crippen LogP contribution in [0.3, 0.4) is 0 Å². The Morgan fingerprint density at radius 3 is 2.35 bits per heavy atom. The molecule has 1 heterocycles. The van der Waals surface area contributed by atoms with Crippen molar-refractivity contribution < 1.29 is 26.3 Å². The average molecular weight is 286 g/mol. The van der Waals surface area contributed by atoms with Gasteiger partial charge in [-0.1, -0.05) is 0 Å². The van der Waals surface area contributed by atoms with Crippen molar-refractivity contribution >= 4 is 22.2 Å². The zero-order valence-electron chi connectivity index (χ0n) is 10.0. The van der Waals surface area contributed by atoms with Crippen LogP contribution in [0.4, 0.5) is 0 Å². The first-order valence-corrected chi connectivity index (χ1v) is 8.22. The molecule has 1 saturated heterocycles. The molecule has 0 N–H and O–H groups in total. The number of hydrogen-bond acceptors (Lipinski definition) is 7. The van der Waals surface area contributed by atoms with Gasteiger partial charge in [0.05, 0.1) is 32.7 Å². The van der Waals surface area contributed by atoms with E-state index in [2.05, 4.69) is 4.18 Å². The van der Waals surface area contributed by atoms with Gasteiger partial charge in [-0.3, -0.25) is 4.18 Å². The first-order chi connectivity index (χ1) is 7.97. The maximum Gasteiger partial charge on any atom is 0.264 e. The van der Waals surface area contributed by atoms with Gasteiger partial charge in [0.1, 0.15) is 0 Å². The summed E-state index contributed by atoms with van der Waals surface area (Å²) in [7, 11) is -3.41. The zero-order valence-corrected chi connectivity index (χ0v) is 11.6. The highest BCUT2D eigenvalue weighted by Gasteiger charge is 2.36. The highest BCUT2D eigenvalue weighted by Crippen LogP contribution is 2.28. The second kappa shape index (κ2) is 6.91. The smallest absolute Gasteiger partial charge is 0.264 e. The highest BCUT2D eigenvalue weighted by atomic mass is 32.2. The molecule has 1 rings (SSSR count). The van der Waals surface area contributed by atoms with Gasteiger partial charge in [0.25, 0.3) is 10.1 Å². The quantitative estimate of drug-likeness (QED) is 0.371. The molecule has 0 atom stereocenters. The van der Waals surface area contributed by atoms with Crippen LogP contribution in [-0.4, -0.2) is 53.1 Å². The summed E-state index contributed by atoms with van der Waals surface area (Å²) in [5.41, 5.74) is 0. The van der Waals surface area contributed by atoms with Crippen molar-refractivity contribution in [2.75, 3.05) is 38.9 Å². The molecular formula is C9H18O6S2. The van der Waals surface area contributed by atoms with Gasteiger partial charge in [-0.25, -0.2) is 0 Å². The van der Waals surface area contributed by atoms with Crippen molar-refractivity contribution in [2.24, 2.45) is 0 Å². The van der Waals surface area contributed by atoms with Crippen molar-refractivity contribution in [3.05, 3.63) is 0 Å². The molecule has 1 aliphatic rings. The molecule has 0 radical (unpaired) electrons. The third-order valence-corrected chi connectivity index (χ3v) is 3.28. The van der Waals surface area contributed by atoms with E-state index in [1.807, 2.05) is 6.26 Å². The van der Waals surface area contributed by atoms with Crippen LogP contribution >= 0.6 is 12.0 Å². The number of hydrogen-bond donors (Lipinski definition) is 0. The van der Waals surface area contributed by atoms with Crippen LogP contribution in [-0.2, 0) is 28.0 Å². The summed E-state index contributed by atoms with van der Waals surface area (Å²) < 4.78 is 42.6. The molecule has 1 aliphatic heterocycles. The molecule has 102 valence electrons. The minimum atomic E-state index is -3.41. The van der Waals surface area contributed by atoms with E-state index in [1.54, 1.807) is 0 Å². The van der Waals surface area contributed by atoms with Crippen LogP contribution in [0.5, 0.6) is 0 Å². The third kappa shape index (κ3) is 6.03. The Morgan fingerprint density at radius 1 is 1.24 bits per heavy atom. The van der Waals surface area contributed by atoms with E-state index in [9.17, 15) is 8.42 Å². The predicted molar refractivity (Wildman–Crippen MR) is 64.1 cm³/mol. The summed E-state index contributed by atoms with van der Waals surface area (Å²) in [5, 5.41) is 0. The fourth-order valence-electron chi connectivity index (χ4n) is 1.54. The molecular weight excluding hydrogens is 268 g/mol. The minimum absolute atomic E-state index is 0.0537. The van der Waals surface area contributed by atoms with Crippen molar-refractivity contribution in [2.45, 2.75) is 18.6 Å².